The van der Waals surface area contributed by atoms with E-state index in [-0.39, 0.29) is 18.5 Å². The van der Waals surface area contributed by atoms with E-state index < -0.39 is 14.9 Å². The molecule has 1 atom stereocenters. The van der Waals surface area contributed by atoms with Crippen molar-refractivity contribution in [3.8, 4) is 0 Å². The molecule has 1 rings (SSSR count). The highest BCUT2D eigenvalue weighted by atomic mass is 35.6. The van der Waals surface area contributed by atoms with Gasteiger partial charge in [0.15, 0.2) is 4.07 Å². The maximum Gasteiger partial charge on any atom is 0.258 e. The zero-order valence-corrected chi connectivity index (χ0v) is 18.1. The van der Waals surface area contributed by atoms with Crippen molar-refractivity contribution in [3.63, 3.8) is 0 Å². The van der Waals surface area contributed by atoms with Crippen LogP contribution in [0.25, 0.3) is 0 Å². The van der Waals surface area contributed by atoms with Crippen molar-refractivity contribution >= 4 is 65.3 Å². The third kappa shape index (κ3) is 4.73. The van der Waals surface area contributed by atoms with Gasteiger partial charge in [0.05, 0.1) is 0 Å². The zero-order chi connectivity index (χ0) is 18.1. The van der Waals surface area contributed by atoms with Gasteiger partial charge in [0.1, 0.15) is 0 Å². The van der Waals surface area contributed by atoms with Crippen LogP contribution in [0.2, 0.25) is 0 Å². The minimum Gasteiger partial charge on any atom is -0.299 e. The van der Waals surface area contributed by atoms with Gasteiger partial charge in [-0.2, -0.15) is 0 Å². The molecule has 0 bridgehead atoms. The number of benzene rings is 1. The molecule has 0 N–H and O–H groups in total. The molecule has 0 radical (unpaired) electrons. The van der Waals surface area contributed by atoms with Gasteiger partial charge in [-0.05, 0) is 33.3 Å². The number of hydrogen-bond acceptors (Lipinski definition) is 1. The average molecular weight is 440 g/mol. The Bertz CT molecular complexity index is 549. The largest absolute Gasteiger partial charge is 0.299 e. The molecule has 132 valence electrons. The molecule has 1 aromatic rings. The van der Waals surface area contributed by atoms with E-state index in [0.717, 1.165) is 5.56 Å². The first-order chi connectivity index (χ1) is 10.3. The van der Waals surface area contributed by atoms with Crippen LogP contribution in [0.5, 0.6) is 0 Å². The van der Waals surface area contributed by atoms with Crippen LogP contribution in [0.15, 0.2) is 30.3 Å². The Labute approximate surface area is 163 Å². The highest BCUT2D eigenvalue weighted by Crippen LogP contribution is 2.78. The lowest BCUT2D eigenvalue weighted by Gasteiger charge is -2.46. The van der Waals surface area contributed by atoms with Crippen LogP contribution in [-0.2, 0) is 11.0 Å². The van der Waals surface area contributed by atoms with E-state index in [1.165, 1.54) is 0 Å². The van der Waals surface area contributed by atoms with Gasteiger partial charge in [0.25, 0.3) is 3.53 Å². The smallest absolute Gasteiger partial charge is 0.258 e. The van der Waals surface area contributed by atoms with Gasteiger partial charge < -0.3 is 0 Å². The lowest BCUT2D eigenvalue weighted by Crippen LogP contribution is -2.43. The summed E-state index contributed by atoms with van der Waals surface area (Å²) in [5.74, 6) is 0. The molecule has 0 heterocycles. The van der Waals surface area contributed by atoms with E-state index >= 15 is 0 Å². The normalized spacial score (nSPS) is 16.2. The topological polar surface area (TPSA) is 20.3 Å². The van der Waals surface area contributed by atoms with E-state index in [9.17, 15) is 4.57 Å². The van der Waals surface area contributed by atoms with Crippen LogP contribution in [0.1, 0.15) is 33.3 Å². The van der Waals surface area contributed by atoms with Crippen LogP contribution < -0.4 is 0 Å². The predicted molar refractivity (Wildman–Crippen MR) is 105 cm³/mol. The number of nitrogens with zero attached hydrogens (tertiary/aromatic N) is 1. The van der Waals surface area contributed by atoms with Gasteiger partial charge >= 0.3 is 0 Å². The molecular formula is C15H21Cl5NOP. The van der Waals surface area contributed by atoms with Crippen molar-refractivity contribution < 1.29 is 4.57 Å². The Morgan fingerprint density at radius 1 is 0.957 bits per heavy atom. The number of hydrogen-bond donors (Lipinski definition) is 0. The molecule has 0 saturated carbocycles. The van der Waals surface area contributed by atoms with Gasteiger partial charge in [-0.3, -0.25) is 4.57 Å². The van der Waals surface area contributed by atoms with E-state index in [2.05, 4.69) is 0 Å². The van der Waals surface area contributed by atoms with Crippen LogP contribution in [-0.4, -0.2) is 24.4 Å². The third-order valence-electron chi connectivity index (χ3n) is 3.43. The first kappa shape index (κ1) is 21.9. The Hall–Kier alpha value is 0.860. The Morgan fingerprint density at radius 2 is 1.39 bits per heavy atom. The van der Waals surface area contributed by atoms with E-state index in [1.807, 2.05) is 58.0 Å². The molecule has 8 heteroatoms. The van der Waals surface area contributed by atoms with Crippen LogP contribution >= 0.6 is 65.3 Å². The fraction of sp³-hybridized carbons (Fsp3) is 0.600. The molecule has 0 aliphatic rings. The Kier molecular flexibility index (Phi) is 7.66. The first-order valence-electron chi connectivity index (χ1n) is 7.22. The Balaban J connectivity index is 3.43. The summed E-state index contributed by atoms with van der Waals surface area (Å²) >= 11 is 31.5. The third-order valence-corrected chi connectivity index (χ3v) is 10.4. The van der Waals surface area contributed by atoms with Gasteiger partial charge in [0.2, 0.25) is 7.29 Å². The van der Waals surface area contributed by atoms with Crippen molar-refractivity contribution in [3.05, 3.63) is 35.9 Å². The van der Waals surface area contributed by atoms with Gasteiger partial charge in [-0.25, -0.2) is 4.67 Å². The second-order valence-corrected chi connectivity index (χ2v) is 14.1. The quantitative estimate of drug-likeness (QED) is 0.348. The molecule has 0 aliphatic heterocycles. The van der Waals surface area contributed by atoms with E-state index in [1.54, 1.807) is 4.67 Å². The van der Waals surface area contributed by atoms with Crippen LogP contribution in [0, 0.1) is 0 Å². The molecule has 0 spiro atoms. The van der Waals surface area contributed by atoms with E-state index in [4.69, 9.17) is 58.0 Å². The standard InChI is InChI=1S/C15H21Cl5NOP/c1-11(2)21(12(3)4)23(22,15(18,19)20)14(16,17)10-13-8-6-5-7-9-13/h5-9,11-12H,10H2,1-4H3/t23-/m1/s1. The summed E-state index contributed by atoms with van der Waals surface area (Å²) in [5.41, 5.74) is 0.819. The minimum atomic E-state index is -3.83. The lowest BCUT2D eigenvalue weighted by molar-refractivity contribution is 0.295. The molecule has 0 unspecified atom stereocenters. The average Bonchev–Trinajstić information content (AvgIpc) is 2.36. The molecule has 0 fully saturated rings. The van der Waals surface area contributed by atoms with Crippen molar-refractivity contribution in [2.75, 3.05) is 0 Å². The first-order valence-corrected chi connectivity index (χ1v) is 10.8. The highest BCUT2D eigenvalue weighted by molar-refractivity contribution is 7.74. The summed E-state index contributed by atoms with van der Waals surface area (Å²) in [5, 5.41) is 0. The van der Waals surface area contributed by atoms with Crippen molar-refractivity contribution in [1.82, 2.24) is 4.67 Å². The molecule has 0 saturated heterocycles. The summed E-state index contributed by atoms with van der Waals surface area (Å²) in [4.78, 5) is 0. The summed E-state index contributed by atoms with van der Waals surface area (Å²) < 4.78 is 11.7. The zero-order valence-electron chi connectivity index (χ0n) is 13.4. The highest BCUT2D eigenvalue weighted by Gasteiger charge is 2.62. The molecule has 0 aliphatic carbocycles. The second kappa shape index (κ2) is 8.04. The maximum absolute atomic E-state index is 13.9. The van der Waals surface area contributed by atoms with E-state index in [0.29, 0.717) is 0 Å². The maximum atomic E-state index is 13.9. The number of alkyl halides is 5. The number of rotatable bonds is 6. The number of halogens is 5. The fourth-order valence-corrected chi connectivity index (χ4v) is 9.80. The van der Waals surface area contributed by atoms with Crippen molar-refractivity contribution in [2.45, 2.75) is 53.8 Å². The van der Waals surface area contributed by atoms with Crippen molar-refractivity contribution in [2.24, 2.45) is 0 Å². The lowest BCUT2D eigenvalue weighted by atomic mass is 10.2. The summed E-state index contributed by atoms with van der Waals surface area (Å²) in [6.45, 7) is 7.48. The monoisotopic (exact) mass is 437 g/mol. The molecule has 23 heavy (non-hydrogen) atoms. The van der Waals surface area contributed by atoms with Crippen molar-refractivity contribution in [1.29, 1.82) is 0 Å². The SMILES string of the molecule is CC(C)N(C(C)C)[P@](=O)(C(Cl)(Cl)Cl)C(Cl)(Cl)Cc1ccccc1. The molecule has 1 aromatic carbocycles. The van der Waals surface area contributed by atoms with Crippen LogP contribution in [0.3, 0.4) is 0 Å². The summed E-state index contributed by atoms with van der Waals surface area (Å²) in [6.07, 6.45) is 0.109. The fourth-order valence-electron chi connectivity index (χ4n) is 2.68. The second-order valence-electron chi connectivity index (χ2n) is 5.94. The van der Waals surface area contributed by atoms with Gasteiger partial charge in [-0.1, -0.05) is 88.3 Å². The predicted octanol–water partition coefficient (Wildman–Crippen LogP) is 7.09. The van der Waals surface area contributed by atoms with Gasteiger partial charge in [0, 0.05) is 18.5 Å². The molecule has 0 aromatic heterocycles. The molecule has 0 amide bonds. The molecular weight excluding hydrogens is 418 g/mol. The molecule has 2 nitrogen and oxygen atoms in total. The van der Waals surface area contributed by atoms with Gasteiger partial charge in [-0.15, -0.1) is 0 Å². The Morgan fingerprint density at radius 3 is 1.74 bits per heavy atom. The van der Waals surface area contributed by atoms with Crippen LogP contribution in [0.4, 0.5) is 0 Å². The minimum absolute atomic E-state index is 0.109. The summed E-state index contributed by atoms with van der Waals surface area (Å²) in [6, 6.07) is 8.93. The summed E-state index contributed by atoms with van der Waals surface area (Å²) in [7, 11) is -3.83.